The fraction of sp³-hybridized carbons (Fsp3) is 1.00. The molecule has 0 unspecified atom stereocenters. The molecule has 0 aromatic heterocycles. The first-order chi connectivity index (χ1) is 4.43. The smallest absolute Gasteiger partial charge is 0.0256 e. The zero-order chi connectivity index (χ0) is 6.53. The molecule has 0 spiro atoms. The monoisotopic (exact) mass is 209 g/mol. The number of rotatable bonds is 2. The maximum absolute atomic E-state index is 3.29. The van der Waals surface area contributed by atoms with Crippen LogP contribution in [-0.4, -0.2) is 37.7 Å². The van der Waals surface area contributed by atoms with E-state index < -0.39 is 0 Å². The van der Waals surface area contributed by atoms with Crippen LogP contribution < -0.4 is 10.7 Å². The van der Waals surface area contributed by atoms with Gasteiger partial charge in [-0.1, -0.05) is 6.92 Å². The summed E-state index contributed by atoms with van der Waals surface area (Å²) in [7, 11) is 0. The van der Waals surface area contributed by atoms with Crippen molar-refractivity contribution in [1.29, 1.82) is 0 Å². The molecule has 1 aliphatic heterocycles. The van der Waals surface area contributed by atoms with Gasteiger partial charge in [-0.3, -0.25) is 5.43 Å². The standard InChI is InChI=1S/C6H15N3.BrH/c1-2-8-9-5-3-7-4-6-9;/h7-8H,2-6H2,1H3;1H. The summed E-state index contributed by atoms with van der Waals surface area (Å²) in [4.78, 5) is 0. The Morgan fingerprint density at radius 1 is 1.40 bits per heavy atom. The SMILES string of the molecule is Br.CCNN1CCNCC1. The summed E-state index contributed by atoms with van der Waals surface area (Å²) in [6, 6.07) is 0. The third-order valence-electron chi connectivity index (χ3n) is 1.50. The molecule has 1 saturated heterocycles. The van der Waals surface area contributed by atoms with E-state index in [0.717, 1.165) is 32.7 Å². The fourth-order valence-electron chi connectivity index (χ4n) is 1.05. The summed E-state index contributed by atoms with van der Waals surface area (Å²) >= 11 is 0. The van der Waals surface area contributed by atoms with E-state index in [1.807, 2.05) is 0 Å². The van der Waals surface area contributed by atoms with Crippen molar-refractivity contribution in [3.05, 3.63) is 0 Å². The highest BCUT2D eigenvalue weighted by molar-refractivity contribution is 8.93. The van der Waals surface area contributed by atoms with Crippen molar-refractivity contribution < 1.29 is 0 Å². The van der Waals surface area contributed by atoms with Crippen LogP contribution in [0.2, 0.25) is 0 Å². The molecule has 62 valence electrons. The molecule has 3 nitrogen and oxygen atoms in total. The second-order valence-corrected chi connectivity index (χ2v) is 2.25. The molecule has 0 bridgehead atoms. The normalized spacial score (nSPS) is 20.1. The van der Waals surface area contributed by atoms with Crippen LogP contribution in [0, 0.1) is 0 Å². The van der Waals surface area contributed by atoms with E-state index in [4.69, 9.17) is 0 Å². The number of nitrogens with one attached hydrogen (secondary N) is 2. The average Bonchev–Trinajstić information content (AvgIpc) is 1.91. The van der Waals surface area contributed by atoms with E-state index in [0.29, 0.717) is 0 Å². The predicted molar refractivity (Wildman–Crippen MR) is 48.4 cm³/mol. The lowest BCUT2D eigenvalue weighted by Crippen LogP contribution is -2.50. The Labute approximate surface area is 72.9 Å². The summed E-state index contributed by atoms with van der Waals surface area (Å²) in [6.45, 7) is 7.67. The predicted octanol–water partition coefficient (Wildman–Crippen LogP) is -0.00600. The van der Waals surface area contributed by atoms with Crippen LogP contribution in [0.1, 0.15) is 6.92 Å². The first-order valence-corrected chi connectivity index (χ1v) is 3.62. The van der Waals surface area contributed by atoms with E-state index >= 15 is 0 Å². The van der Waals surface area contributed by atoms with Gasteiger partial charge in [-0.15, -0.1) is 17.0 Å². The van der Waals surface area contributed by atoms with Gasteiger partial charge in [0.1, 0.15) is 0 Å². The second kappa shape index (κ2) is 6.09. The zero-order valence-corrected chi connectivity index (χ0v) is 8.10. The summed E-state index contributed by atoms with van der Waals surface area (Å²) in [5.74, 6) is 0. The largest absolute Gasteiger partial charge is 0.314 e. The number of piperazine rings is 1. The van der Waals surface area contributed by atoms with E-state index in [2.05, 4.69) is 22.7 Å². The van der Waals surface area contributed by atoms with Crippen molar-refractivity contribution in [1.82, 2.24) is 15.8 Å². The molecule has 1 fully saturated rings. The molecule has 0 aromatic rings. The molecule has 4 heteroatoms. The molecule has 0 radical (unpaired) electrons. The van der Waals surface area contributed by atoms with Gasteiger partial charge >= 0.3 is 0 Å². The number of halogens is 1. The summed E-state index contributed by atoms with van der Waals surface area (Å²) in [5, 5.41) is 5.55. The van der Waals surface area contributed by atoms with Crippen molar-refractivity contribution >= 4 is 17.0 Å². The van der Waals surface area contributed by atoms with E-state index in [-0.39, 0.29) is 17.0 Å². The molecular weight excluding hydrogens is 194 g/mol. The third kappa shape index (κ3) is 3.51. The molecule has 2 N–H and O–H groups in total. The Balaban J connectivity index is 0.000000810. The molecule has 1 aliphatic rings. The van der Waals surface area contributed by atoms with Gasteiger partial charge in [0.25, 0.3) is 0 Å². The van der Waals surface area contributed by atoms with Gasteiger partial charge in [-0.2, -0.15) is 0 Å². The maximum Gasteiger partial charge on any atom is 0.0256 e. The van der Waals surface area contributed by atoms with Crippen molar-refractivity contribution in [3.63, 3.8) is 0 Å². The van der Waals surface area contributed by atoms with Crippen LogP contribution >= 0.6 is 17.0 Å². The van der Waals surface area contributed by atoms with Crippen LogP contribution in [0.5, 0.6) is 0 Å². The number of hydrazine groups is 1. The lowest BCUT2D eigenvalue weighted by atomic mass is 10.4. The lowest BCUT2D eigenvalue weighted by molar-refractivity contribution is 0.169. The van der Waals surface area contributed by atoms with Crippen LogP contribution in [-0.2, 0) is 0 Å². The van der Waals surface area contributed by atoms with E-state index in [1.54, 1.807) is 0 Å². The quantitative estimate of drug-likeness (QED) is 0.671. The Hall–Kier alpha value is 0.360. The molecule has 1 rings (SSSR count). The molecule has 10 heavy (non-hydrogen) atoms. The van der Waals surface area contributed by atoms with Gasteiger partial charge in [-0.25, -0.2) is 5.01 Å². The second-order valence-electron chi connectivity index (χ2n) is 2.25. The molecule has 0 atom stereocenters. The Bertz CT molecular complexity index is 70.6. The summed E-state index contributed by atoms with van der Waals surface area (Å²) < 4.78 is 0. The molecular formula is C6H16BrN3. The number of nitrogens with zero attached hydrogens (tertiary/aromatic N) is 1. The van der Waals surface area contributed by atoms with Crippen LogP contribution in [0.4, 0.5) is 0 Å². The molecule has 0 aromatic carbocycles. The lowest BCUT2D eigenvalue weighted by Gasteiger charge is -2.26. The van der Waals surface area contributed by atoms with Crippen molar-refractivity contribution in [2.75, 3.05) is 32.7 Å². The maximum atomic E-state index is 3.29. The highest BCUT2D eigenvalue weighted by atomic mass is 79.9. The van der Waals surface area contributed by atoms with Gasteiger partial charge < -0.3 is 5.32 Å². The van der Waals surface area contributed by atoms with Gasteiger partial charge in [0.2, 0.25) is 0 Å². The molecule has 0 saturated carbocycles. The molecule has 1 heterocycles. The first-order valence-electron chi connectivity index (χ1n) is 3.62. The topological polar surface area (TPSA) is 27.3 Å². The summed E-state index contributed by atoms with van der Waals surface area (Å²) in [6.07, 6.45) is 0. The van der Waals surface area contributed by atoms with Crippen LogP contribution in [0.25, 0.3) is 0 Å². The van der Waals surface area contributed by atoms with Gasteiger partial charge in [-0.05, 0) is 0 Å². The number of hydrogen-bond acceptors (Lipinski definition) is 3. The van der Waals surface area contributed by atoms with Crippen LogP contribution in [0.3, 0.4) is 0 Å². The highest BCUT2D eigenvalue weighted by Gasteiger charge is 2.05. The van der Waals surface area contributed by atoms with Crippen molar-refractivity contribution in [2.24, 2.45) is 0 Å². The molecule has 0 aliphatic carbocycles. The fourth-order valence-corrected chi connectivity index (χ4v) is 1.05. The Morgan fingerprint density at radius 2 is 2.00 bits per heavy atom. The minimum atomic E-state index is 0. The first kappa shape index (κ1) is 10.4. The van der Waals surface area contributed by atoms with Gasteiger partial charge in [0.15, 0.2) is 0 Å². The Morgan fingerprint density at radius 3 is 2.50 bits per heavy atom. The average molecular weight is 210 g/mol. The Kier molecular flexibility index (Phi) is 6.31. The number of hydrogen-bond donors (Lipinski definition) is 2. The highest BCUT2D eigenvalue weighted by Crippen LogP contribution is 1.84. The molecule has 0 amide bonds. The van der Waals surface area contributed by atoms with Crippen molar-refractivity contribution in [3.8, 4) is 0 Å². The minimum absolute atomic E-state index is 0. The minimum Gasteiger partial charge on any atom is -0.314 e. The summed E-state index contributed by atoms with van der Waals surface area (Å²) in [5.41, 5.74) is 3.28. The third-order valence-corrected chi connectivity index (χ3v) is 1.50. The van der Waals surface area contributed by atoms with Gasteiger partial charge in [0.05, 0.1) is 0 Å². The van der Waals surface area contributed by atoms with Gasteiger partial charge in [0, 0.05) is 32.7 Å². The zero-order valence-electron chi connectivity index (χ0n) is 6.39. The van der Waals surface area contributed by atoms with Crippen LogP contribution in [0.15, 0.2) is 0 Å². The van der Waals surface area contributed by atoms with Crippen molar-refractivity contribution in [2.45, 2.75) is 6.92 Å². The van der Waals surface area contributed by atoms with E-state index in [1.165, 1.54) is 0 Å². The van der Waals surface area contributed by atoms with E-state index in [9.17, 15) is 0 Å².